The van der Waals surface area contributed by atoms with Gasteiger partial charge in [0.2, 0.25) is 0 Å². The molecule has 1 N–H and O–H groups in total. The Bertz CT molecular complexity index is 358. The number of aliphatic hydroxyl groups is 1. The van der Waals surface area contributed by atoms with Crippen LogP contribution in [0.25, 0.3) is 0 Å². The van der Waals surface area contributed by atoms with Crippen molar-refractivity contribution >= 4 is 0 Å². The molecule has 2 atom stereocenters. The smallest absolute Gasteiger partial charge is 0.141 e. The Labute approximate surface area is 101 Å². The van der Waals surface area contributed by atoms with Crippen molar-refractivity contribution in [2.24, 2.45) is 0 Å². The minimum atomic E-state index is -1.01. The third-order valence-electron chi connectivity index (χ3n) is 3.26. The Kier molecular flexibility index (Phi) is 3.74. The summed E-state index contributed by atoms with van der Waals surface area (Å²) in [5.74, 6) is -0.385. The van der Waals surface area contributed by atoms with Gasteiger partial charge in [-0.15, -0.1) is 0 Å². The highest BCUT2D eigenvalue weighted by Gasteiger charge is 2.27. The van der Waals surface area contributed by atoms with E-state index in [-0.39, 0.29) is 11.9 Å². The molecule has 2 rings (SSSR count). The maximum absolute atomic E-state index is 12.7. The second-order valence-electron chi connectivity index (χ2n) is 4.81. The lowest BCUT2D eigenvalue weighted by Crippen LogP contribution is -2.24. The zero-order chi connectivity index (χ0) is 12.3. The number of hydrogen-bond acceptors (Lipinski definition) is 3. The molecule has 1 fully saturated rings. The number of hydrogen-bond donors (Lipinski definition) is 1. The monoisotopic (exact) mass is 239 g/mol. The molecule has 17 heavy (non-hydrogen) atoms. The fourth-order valence-electron chi connectivity index (χ4n) is 2.14. The fraction of sp³-hybridized carbons (Fsp3) is 0.615. The van der Waals surface area contributed by atoms with Gasteiger partial charge in [0.05, 0.1) is 18.0 Å². The van der Waals surface area contributed by atoms with Gasteiger partial charge in [0.1, 0.15) is 11.4 Å². The Hall–Kier alpha value is -1.00. The summed E-state index contributed by atoms with van der Waals surface area (Å²) >= 11 is 0. The highest BCUT2D eigenvalue weighted by atomic mass is 19.1. The molecule has 2 heterocycles. The van der Waals surface area contributed by atoms with E-state index >= 15 is 0 Å². The Balaban J connectivity index is 1.94. The number of halogens is 1. The van der Waals surface area contributed by atoms with Crippen LogP contribution in [-0.4, -0.2) is 22.8 Å². The van der Waals surface area contributed by atoms with Crippen LogP contribution in [0.5, 0.6) is 0 Å². The lowest BCUT2D eigenvalue weighted by Gasteiger charge is -2.24. The molecule has 1 aromatic rings. The first kappa shape index (κ1) is 12.5. The molecule has 3 nitrogen and oxygen atoms in total. The van der Waals surface area contributed by atoms with E-state index < -0.39 is 5.60 Å². The summed E-state index contributed by atoms with van der Waals surface area (Å²) in [6.45, 7) is 2.53. The lowest BCUT2D eigenvalue weighted by molar-refractivity contribution is 0.0187. The van der Waals surface area contributed by atoms with E-state index in [0.717, 1.165) is 32.1 Å². The van der Waals surface area contributed by atoms with Crippen LogP contribution in [0.3, 0.4) is 0 Å². The van der Waals surface area contributed by atoms with Crippen molar-refractivity contribution in [1.29, 1.82) is 0 Å². The van der Waals surface area contributed by atoms with Crippen molar-refractivity contribution in [2.75, 3.05) is 6.61 Å². The van der Waals surface area contributed by atoms with E-state index in [1.54, 1.807) is 6.92 Å². The molecule has 0 saturated carbocycles. The summed E-state index contributed by atoms with van der Waals surface area (Å²) < 4.78 is 18.3. The molecule has 1 aromatic heterocycles. The third-order valence-corrected chi connectivity index (χ3v) is 3.26. The second-order valence-corrected chi connectivity index (χ2v) is 4.81. The van der Waals surface area contributed by atoms with E-state index in [2.05, 4.69) is 4.98 Å². The maximum atomic E-state index is 12.7. The Morgan fingerprint density at radius 3 is 3.00 bits per heavy atom. The van der Waals surface area contributed by atoms with Gasteiger partial charge in [-0.1, -0.05) is 0 Å². The maximum Gasteiger partial charge on any atom is 0.141 e. The largest absolute Gasteiger partial charge is 0.384 e. The van der Waals surface area contributed by atoms with E-state index in [4.69, 9.17) is 4.74 Å². The molecule has 1 aliphatic rings. The summed E-state index contributed by atoms with van der Waals surface area (Å²) in [6, 6.07) is 2.85. The van der Waals surface area contributed by atoms with E-state index in [1.807, 2.05) is 0 Å². The van der Waals surface area contributed by atoms with E-state index in [1.165, 1.54) is 12.1 Å². The molecule has 1 aliphatic heterocycles. The number of pyridine rings is 1. The number of ether oxygens (including phenoxy) is 1. The standard InChI is InChI=1S/C13H18FNO2/c1-13(16,7-6-11-3-2-8-17-11)12-5-4-10(14)9-15-12/h4-5,9,11,16H,2-3,6-8H2,1H3. The van der Waals surface area contributed by atoms with E-state index in [0.29, 0.717) is 12.1 Å². The fourth-order valence-corrected chi connectivity index (χ4v) is 2.14. The van der Waals surface area contributed by atoms with Gasteiger partial charge in [-0.05, 0) is 44.7 Å². The van der Waals surface area contributed by atoms with Gasteiger partial charge in [-0.3, -0.25) is 4.98 Å². The van der Waals surface area contributed by atoms with Crippen LogP contribution in [-0.2, 0) is 10.3 Å². The van der Waals surface area contributed by atoms with Crippen molar-refractivity contribution in [2.45, 2.75) is 44.3 Å². The molecular formula is C13H18FNO2. The zero-order valence-corrected chi connectivity index (χ0v) is 10.0. The van der Waals surface area contributed by atoms with Crippen LogP contribution in [0, 0.1) is 5.82 Å². The Morgan fingerprint density at radius 1 is 1.59 bits per heavy atom. The van der Waals surface area contributed by atoms with Gasteiger partial charge in [0.25, 0.3) is 0 Å². The van der Waals surface area contributed by atoms with Crippen molar-refractivity contribution in [1.82, 2.24) is 4.98 Å². The van der Waals surface area contributed by atoms with Crippen molar-refractivity contribution in [3.05, 3.63) is 29.8 Å². The second kappa shape index (κ2) is 5.10. The van der Waals surface area contributed by atoms with Gasteiger partial charge < -0.3 is 9.84 Å². The van der Waals surface area contributed by atoms with Crippen LogP contribution in [0.2, 0.25) is 0 Å². The molecule has 94 valence electrons. The van der Waals surface area contributed by atoms with Gasteiger partial charge in [0.15, 0.2) is 0 Å². The van der Waals surface area contributed by atoms with Gasteiger partial charge >= 0.3 is 0 Å². The highest BCUT2D eigenvalue weighted by molar-refractivity contribution is 5.12. The molecule has 1 saturated heterocycles. The quantitative estimate of drug-likeness (QED) is 0.877. The SMILES string of the molecule is CC(O)(CCC1CCCO1)c1ccc(F)cn1. The molecule has 4 heteroatoms. The predicted molar refractivity (Wildman–Crippen MR) is 62.0 cm³/mol. The third kappa shape index (κ3) is 3.23. The van der Waals surface area contributed by atoms with Gasteiger partial charge in [-0.2, -0.15) is 0 Å². The minimum absolute atomic E-state index is 0.252. The first-order valence-electron chi connectivity index (χ1n) is 6.04. The molecule has 0 amide bonds. The first-order chi connectivity index (χ1) is 8.08. The first-order valence-corrected chi connectivity index (χ1v) is 6.04. The molecule has 0 aliphatic carbocycles. The normalized spacial score (nSPS) is 23.6. The number of rotatable bonds is 4. The highest BCUT2D eigenvalue weighted by Crippen LogP contribution is 2.27. The number of aromatic nitrogens is 1. The summed E-state index contributed by atoms with van der Waals surface area (Å²) in [7, 11) is 0. The minimum Gasteiger partial charge on any atom is -0.384 e. The van der Waals surface area contributed by atoms with Gasteiger partial charge in [-0.25, -0.2) is 4.39 Å². The summed E-state index contributed by atoms with van der Waals surface area (Å²) in [6.07, 6.45) is 4.94. The van der Waals surface area contributed by atoms with Crippen molar-refractivity contribution in [3.8, 4) is 0 Å². The van der Waals surface area contributed by atoms with Crippen LogP contribution in [0.15, 0.2) is 18.3 Å². The molecule has 0 bridgehead atoms. The van der Waals surface area contributed by atoms with Crippen LogP contribution in [0.1, 0.15) is 38.3 Å². The summed E-state index contributed by atoms with van der Waals surface area (Å²) in [5.41, 5.74) is -0.503. The zero-order valence-electron chi connectivity index (χ0n) is 10.0. The summed E-state index contributed by atoms with van der Waals surface area (Å²) in [5, 5.41) is 10.3. The molecule has 0 radical (unpaired) electrons. The average molecular weight is 239 g/mol. The Morgan fingerprint density at radius 2 is 2.41 bits per heavy atom. The molecule has 0 spiro atoms. The van der Waals surface area contributed by atoms with E-state index in [9.17, 15) is 9.50 Å². The molecular weight excluding hydrogens is 221 g/mol. The number of nitrogens with zero attached hydrogens (tertiary/aromatic N) is 1. The molecule has 0 aromatic carbocycles. The van der Waals surface area contributed by atoms with Crippen LogP contribution < -0.4 is 0 Å². The van der Waals surface area contributed by atoms with Crippen LogP contribution in [0.4, 0.5) is 4.39 Å². The lowest BCUT2D eigenvalue weighted by atomic mass is 9.93. The average Bonchev–Trinajstić information content (AvgIpc) is 2.80. The predicted octanol–water partition coefficient (Wildman–Crippen LogP) is 2.39. The topological polar surface area (TPSA) is 42.4 Å². The van der Waals surface area contributed by atoms with Crippen molar-refractivity contribution in [3.63, 3.8) is 0 Å². The summed E-state index contributed by atoms with van der Waals surface area (Å²) in [4.78, 5) is 3.93. The van der Waals surface area contributed by atoms with Gasteiger partial charge in [0, 0.05) is 6.61 Å². The van der Waals surface area contributed by atoms with Crippen molar-refractivity contribution < 1.29 is 14.2 Å². The molecule has 2 unspecified atom stereocenters. The van der Waals surface area contributed by atoms with Crippen LogP contribution >= 0.6 is 0 Å².